The zero-order valence-corrected chi connectivity index (χ0v) is 12.7. The molecule has 1 aliphatic rings. The smallest absolute Gasteiger partial charge is 0.223 e. The Bertz CT molecular complexity index is 312. The van der Waals surface area contributed by atoms with Gasteiger partial charge in [-0.3, -0.25) is 9.59 Å². The van der Waals surface area contributed by atoms with Gasteiger partial charge in [0.25, 0.3) is 0 Å². The number of nitrogens with one attached hydrogen (secondary N) is 2. The molecule has 1 aliphatic carbocycles. The average molecular weight is 284 g/mol. The molecular formula is C15H28N2O3. The molecule has 5 heteroatoms. The lowest BCUT2D eigenvalue weighted by Gasteiger charge is -2.14. The van der Waals surface area contributed by atoms with Crippen molar-refractivity contribution in [2.75, 3.05) is 13.1 Å². The molecule has 0 aromatic rings. The van der Waals surface area contributed by atoms with Crippen molar-refractivity contribution in [2.24, 2.45) is 11.8 Å². The minimum absolute atomic E-state index is 0.0788. The molecule has 0 aromatic heterocycles. The van der Waals surface area contributed by atoms with Gasteiger partial charge in [-0.2, -0.15) is 0 Å². The van der Waals surface area contributed by atoms with Crippen molar-refractivity contribution in [2.45, 2.75) is 58.5 Å². The van der Waals surface area contributed by atoms with Gasteiger partial charge in [-0.15, -0.1) is 0 Å². The third-order valence-electron chi connectivity index (χ3n) is 3.66. The summed E-state index contributed by atoms with van der Waals surface area (Å²) in [6.45, 7) is 4.72. The van der Waals surface area contributed by atoms with E-state index in [9.17, 15) is 14.7 Å². The minimum atomic E-state index is -0.493. The fraction of sp³-hybridized carbons (Fsp3) is 0.867. The molecule has 0 aliphatic heterocycles. The van der Waals surface area contributed by atoms with E-state index in [1.807, 2.05) is 13.8 Å². The van der Waals surface area contributed by atoms with Crippen LogP contribution in [-0.4, -0.2) is 36.1 Å². The Balaban J connectivity index is 2.06. The molecule has 1 unspecified atom stereocenters. The highest BCUT2D eigenvalue weighted by molar-refractivity contribution is 5.80. The Morgan fingerprint density at radius 3 is 2.45 bits per heavy atom. The Morgan fingerprint density at radius 2 is 1.85 bits per heavy atom. The van der Waals surface area contributed by atoms with Crippen LogP contribution >= 0.6 is 0 Å². The average Bonchev–Trinajstić information content (AvgIpc) is 2.89. The fourth-order valence-corrected chi connectivity index (χ4v) is 2.58. The van der Waals surface area contributed by atoms with Gasteiger partial charge < -0.3 is 15.7 Å². The van der Waals surface area contributed by atoms with E-state index in [-0.39, 0.29) is 30.7 Å². The van der Waals surface area contributed by atoms with Gasteiger partial charge in [0.2, 0.25) is 11.8 Å². The van der Waals surface area contributed by atoms with Crippen molar-refractivity contribution in [3.05, 3.63) is 0 Å². The van der Waals surface area contributed by atoms with E-state index in [0.717, 1.165) is 25.7 Å². The second-order valence-corrected chi connectivity index (χ2v) is 6.11. The molecule has 5 nitrogen and oxygen atoms in total. The van der Waals surface area contributed by atoms with Crippen LogP contribution in [0.3, 0.4) is 0 Å². The lowest BCUT2D eigenvalue weighted by Crippen LogP contribution is -2.36. The van der Waals surface area contributed by atoms with Crippen molar-refractivity contribution in [3.8, 4) is 0 Å². The van der Waals surface area contributed by atoms with Crippen LogP contribution in [0.2, 0.25) is 0 Å². The molecule has 3 N–H and O–H groups in total. The number of aliphatic hydroxyl groups is 1. The topological polar surface area (TPSA) is 78.4 Å². The normalized spacial score (nSPS) is 17.2. The van der Waals surface area contributed by atoms with Gasteiger partial charge in [0, 0.05) is 25.4 Å². The van der Waals surface area contributed by atoms with Crippen molar-refractivity contribution in [1.82, 2.24) is 10.6 Å². The van der Waals surface area contributed by atoms with Crippen LogP contribution in [-0.2, 0) is 9.59 Å². The summed E-state index contributed by atoms with van der Waals surface area (Å²) in [4.78, 5) is 23.3. The maximum absolute atomic E-state index is 11.7. The first-order valence-electron chi connectivity index (χ1n) is 7.71. The quantitative estimate of drug-likeness (QED) is 0.627. The molecule has 0 saturated heterocycles. The van der Waals surface area contributed by atoms with Crippen LogP contribution in [0.1, 0.15) is 52.4 Å². The molecule has 20 heavy (non-hydrogen) atoms. The van der Waals surface area contributed by atoms with Crippen molar-refractivity contribution < 1.29 is 14.7 Å². The highest BCUT2D eigenvalue weighted by Crippen LogP contribution is 2.24. The first kappa shape index (κ1) is 17.0. The highest BCUT2D eigenvalue weighted by Gasteiger charge is 2.22. The van der Waals surface area contributed by atoms with E-state index in [2.05, 4.69) is 10.6 Å². The van der Waals surface area contributed by atoms with Crippen molar-refractivity contribution >= 4 is 11.8 Å². The zero-order chi connectivity index (χ0) is 15.0. The van der Waals surface area contributed by atoms with Crippen LogP contribution in [0.15, 0.2) is 0 Å². The number of aliphatic hydroxyl groups excluding tert-OH is 1. The number of hydrogen-bond donors (Lipinski definition) is 3. The van der Waals surface area contributed by atoms with Crippen LogP contribution in [0, 0.1) is 11.8 Å². The summed E-state index contributed by atoms with van der Waals surface area (Å²) < 4.78 is 0. The molecule has 116 valence electrons. The standard InChI is InChI=1S/C15H28N2O3/c1-11(2)9-13(18)10-17-14(19)7-8-16-15(20)12-5-3-4-6-12/h11-13,18H,3-10H2,1-2H3,(H,16,20)(H,17,19). The molecule has 1 atom stereocenters. The van der Waals surface area contributed by atoms with Crippen LogP contribution < -0.4 is 10.6 Å². The zero-order valence-electron chi connectivity index (χ0n) is 12.7. The van der Waals surface area contributed by atoms with Gasteiger partial charge in [-0.25, -0.2) is 0 Å². The van der Waals surface area contributed by atoms with Gasteiger partial charge in [0.15, 0.2) is 0 Å². The molecule has 0 aromatic carbocycles. The Labute approximate surface area is 121 Å². The maximum atomic E-state index is 11.7. The summed E-state index contributed by atoms with van der Waals surface area (Å²) >= 11 is 0. The van der Waals surface area contributed by atoms with Gasteiger partial charge in [-0.1, -0.05) is 26.7 Å². The van der Waals surface area contributed by atoms with E-state index in [1.54, 1.807) is 0 Å². The lowest BCUT2D eigenvalue weighted by atomic mass is 10.1. The summed E-state index contributed by atoms with van der Waals surface area (Å²) in [7, 11) is 0. The van der Waals surface area contributed by atoms with Crippen LogP contribution in [0.25, 0.3) is 0 Å². The highest BCUT2D eigenvalue weighted by atomic mass is 16.3. The van der Waals surface area contributed by atoms with E-state index < -0.39 is 6.10 Å². The van der Waals surface area contributed by atoms with Gasteiger partial charge in [0.05, 0.1) is 6.10 Å². The summed E-state index contributed by atoms with van der Waals surface area (Å²) in [6, 6.07) is 0. The Kier molecular flexibility index (Phi) is 7.59. The van der Waals surface area contributed by atoms with Gasteiger partial charge in [-0.05, 0) is 25.2 Å². The maximum Gasteiger partial charge on any atom is 0.223 e. The number of hydrogen-bond acceptors (Lipinski definition) is 3. The predicted molar refractivity (Wildman–Crippen MR) is 78.1 cm³/mol. The summed E-state index contributed by atoms with van der Waals surface area (Å²) in [6.07, 6.45) is 4.66. The van der Waals surface area contributed by atoms with Gasteiger partial charge >= 0.3 is 0 Å². The first-order valence-corrected chi connectivity index (χ1v) is 7.71. The monoisotopic (exact) mass is 284 g/mol. The van der Waals surface area contributed by atoms with E-state index in [0.29, 0.717) is 18.9 Å². The molecule has 0 spiro atoms. The SMILES string of the molecule is CC(C)CC(O)CNC(=O)CCNC(=O)C1CCCC1. The molecule has 1 rings (SSSR count). The fourth-order valence-electron chi connectivity index (χ4n) is 2.58. The predicted octanol–water partition coefficient (Wildman–Crippen LogP) is 1.21. The van der Waals surface area contributed by atoms with Crippen molar-refractivity contribution in [1.29, 1.82) is 0 Å². The second kappa shape index (κ2) is 8.95. The molecule has 2 amide bonds. The number of rotatable bonds is 8. The third-order valence-corrected chi connectivity index (χ3v) is 3.66. The Morgan fingerprint density at radius 1 is 1.20 bits per heavy atom. The molecule has 0 radical (unpaired) electrons. The third kappa shape index (κ3) is 6.89. The largest absolute Gasteiger partial charge is 0.391 e. The van der Waals surface area contributed by atoms with E-state index in [4.69, 9.17) is 0 Å². The summed E-state index contributed by atoms with van der Waals surface area (Å²) in [5.74, 6) is 0.508. The number of carbonyl (C=O) groups is 2. The van der Waals surface area contributed by atoms with E-state index in [1.165, 1.54) is 0 Å². The second-order valence-electron chi connectivity index (χ2n) is 6.11. The number of carbonyl (C=O) groups excluding carboxylic acids is 2. The molecule has 0 bridgehead atoms. The summed E-state index contributed by atoms with van der Waals surface area (Å²) in [5, 5.41) is 15.1. The van der Waals surface area contributed by atoms with E-state index >= 15 is 0 Å². The first-order chi connectivity index (χ1) is 9.49. The summed E-state index contributed by atoms with van der Waals surface area (Å²) in [5.41, 5.74) is 0. The Hall–Kier alpha value is -1.10. The van der Waals surface area contributed by atoms with Crippen LogP contribution in [0.4, 0.5) is 0 Å². The van der Waals surface area contributed by atoms with Crippen molar-refractivity contribution in [3.63, 3.8) is 0 Å². The molecule has 0 heterocycles. The lowest BCUT2D eigenvalue weighted by molar-refractivity contribution is -0.125. The minimum Gasteiger partial charge on any atom is -0.391 e. The van der Waals surface area contributed by atoms with Crippen LogP contribution in [0.5, 0.6) is 0 Å². The molecule has 1 saturated carbocycles. The molecule has 1 fully saturated rings. The number of amides is 2. The molecular weight excluding hydrogens is 256 g/mol. The van der Waals surface area contributed by atoms with Gasteiger partial charge in [0.1, 0.15) is 0 Å².